The Kier molecular flexibility index (Phi) is 2.33. The summed E-state index contributed by atoms with van der Waals surface area (Å²) in [6.45, 7) is 2.24. The van der Waals surface area contributed by atoms with Gasteiger partial charge in [0.1, 0.15) is 5.52 Å². The summed E-state index contributed by atoms with van der Waals surface area (Å²) < 4.78 is 1.86. The lowest BCUT2D eigenvalue weighted by Gasteiger charge is -2.26. The molecule has 1 aliphatic carbocycles. The number of nitrogens with zero attached hydrogens (tertiary/aromatic N) is 4. The number of anilines is 1. The van der Waals surface area contributed by atoms with E-state index in [4.69, 9.17) is 0 Å². The van der Waals surface area contributed by atoms with Crippen LogP contribution in [-0.4, -0.2) is 39.4 Å². The third kappa shape index (κ3) is 1.51. The van der Waals surface area contributed by atoms with Crippen LogP contribution in [0.4, 0.5) is 5.82 Å². The van der Waals surface area contributed by atoms with Crippen molar-refractivity contribution in [3.63, 3.8) is 0 Å². The summed E-state index contributed by atoms with van der Waals surface area (Å²) in [6, 6.07) is 2.00. The highest BCUT2D eigenvalue weighted by atomic mass is 16.3. The first-order valence-electron chi connectivity index (χ1n) is 6.97. The number of aliphatic hydroxyl groups excluding tert-OH is 1. The molecule has 1 aliphatic heterocycles. The van der Waals surface area contributed by atoms with Crippen LogP contribution in [0.3, 0.4) is 0 Å². The summed E-state index contributed by atoms with van der Waals surface area (Å²) in [5, 5.41) is 14.1. The molecule has 1 saturated heterocycles. The van der Waals surface area contributed by atoms with Gasteiger partial charge in [-0.25, -0.2) is 9.50 Å². The number of rotatable bonds is 2. The molecule has 0 spiro atoms. The molecule has 2 aromatic heterocycles. The van der Waals surface area contributed by atoms with Gasteiger partial charge in [-0.05, 0) is 24.8 Å². The van der Waals surface area contributed by atoms with E-state index in [-0.39, 0.29) is 5.41 Å². The molecule has 0 aromatic carbocycles. The van der Waals surface area contributed by atoms with Crippen LogP contribution in [-0.2, 0) is 0 Å². The highest BCUT2D eigenvalue weighted by molar-refractivity contribution is 5.68. The standard InChI is InChI=1S/C14H18N4O/c19-10-14-4-1-2-11(14)8-17(9-14)13-12-3-5-16-18(12)7-6-15-13/h3,5-7,11,19H,1-2,4,8-10H2. The van der Waals surface area contributed by atoms with Gasteiger partial charge in [0.25, 0.3) is 0 Å². The van der Waals surface area contributed by atoms with Gasteiger partial charge in [-0.3, -0.25) is 0 Å². The molecule has 2 unspecified atom stereocenters. The maximum atomic E-state index is 9.80. The van der Waals surface area contributed by atoms with Crippen molar-refractivity contribution in [3.8, 4) is 0 Å². The average Bonchev–Trinajstić information content (AvgIpc) is 3.11. The maximum absolute atomic E-state index is 9.80. The van der Waals surface area contributed by atoms with Gasteiger partial charge in [0, 0.05) is 30.9 Å². The molecule has 0 radical (unpaired) electrons. The van der Waals surface area contributed by atoms with Crippen molar-refractivity contribution in [2.24, 2.45) is 11.3 Å². The van der Waals surface area contributed by atoms with Gasteiger partial charge < -0.3 is 10.0 Å². The molecule has 3 heterocycles. The van der Waals surface area contributed by atoms with Gasteiger partial charge in [-0.2, -0.15) is 5.10 Å². The largest absolute Gasteiger partial charge is 0.396 e. The van der Waals surface area contributed by atoms with Crippen molar-refractivity contribution in [3.05, 3.63) is 24.7 Å². The lowest BCUT2D eigenvalue weighted by molar-refractivity contribution is 0.121. The smallest absolute Gasteiger partial charge is 0.154 e. The van der Waals surface area contributed by atoms with Crippen LogP contribution in [0.5, 0.6) is 0 Å². The van der Waals surface area contributed by atoms with Gasteiger partial charge in [-0.1, -0.05) is 6.42 Å². The molecule has 4 rings (SSSR count). The van der Waals surface area contributed by atoms with Gasteiger partial charge in [0.15, 0.2) is 5.82 Å². The maximum Gasteiger partial charge on any atom is 0.154 e. The first kappa shape index (κ1) is 11.2. The summed E-state index contributed by atoms with van der Waals surface area (Å²) in [6.07, 6.45) is 9.11. The van der Waals surface area contributed by atoms with Crippen molar-refractivity contribution in [1.82, 2.24) is 14.6 Å². The first-order chi connectivity index (χ1) is 9.32. The number of aliphatic hydroxyl groups is 1. The molecule has 1 N–H and O–H groups in total. The van der Waals surface area contributed by atoms with Crippen molar-refractivity contribution in [2.45, 2.75) is 19.3 Å². The molecule has 5 nitrogen and oxygen atoms in total. The quantitative estimate of drug-likeness (QED) is 0.883. The molecule has 2 atom stereocenters. The van der Waals surface area contributed by atoms with E-state index < -0.39 is 0 Å². The Morgan fingerprint density at radius 1 is 1.42 bits per heavy atom. The van der Waals surface area contributed by atoms with Gasteiger partial charge in [-0.15, -0.1) is 0 Å². The molecular formula is C14H18N4O. The fourth-order valence-electron chi connectivity index (χ4n) is 3.92. The van der Waals surface area contributed by atoms with E-state index in [9.17, 15) is 5.11 Å². The Hall–Kier alpha value is -1.62. The summed E-state index contributed by atoms with van der Waals surface area (Å²) in [5.74, 6) is 1.62. The van der Waals surface area contributed by atoms with Crippen LogP contribution < -0.4 is 4.90 Å². The minimum absolute atomic E-state index is 0.106. The zero-order chi connectivity index (χ0) is 12.9. The van der Waals surface area contributed by atoms with Crippen LogP contribution in [0.1, 0.15) is 19.3 Å². The number of hydrogen-bond acceptors (Lipinski definition) is 4. The highest BCUT2D eigenvalue weighted by Crippen LogP contribution is 2.49. The second kappa shape index (κ2) is 3.93. The zero-order valence-electron chi connectivity index (χ0n) is 10.9. The molecule has 1 saturated carbocycles. The minimum Gasteiger partial charge on any atom is -0.396 e. The van der Waals surface area contributed by atoms with Crippen molar-refractivity contribution in [1.29, 1.82) is 0 Å². The molecule has 2 aliphatic rings. The third-order valence-electron chi connectivity index (χ3n) is 4.96. The second-order valence-electron chi connectivity index (χ2n) is 5.90. The Bertz CT molecular complexity index is 610. The van der Waals surface area contributed by atoms with Crippen LogP contribution in [0.15, 0.2) is 24.7 Å². The van der Waals surface area contributed by atoms with E-state index in [1.54, 1.807) is 12.4 Å². The normalized spacial score (nSPS) is 30.2. The van der Waals surface area contributed by atoms with Gasteiger partial charge in [0.2, 0.25) is 0 Å². The number of hydrogen-bond donors (Lipinski definition) is 1. The van der Waals surface area contributed by atoms with E-state index in [1.807, 2.05) is 16.8 Å². The minimum atomic E-state index is 0.106. The number of aromatic nitrogens is 3. The second-order valence-corrected chi connectivity index (χ2v) is 5.90. The monoisotopic (exact) mass is 258 g/mol. The summed E-state index contributed by atoms with van der Waals surface area (Å²) >= 11 is 0. The van der Waals surface area contributed by atoms with Crippen LogP contribution in [0, 0.1) is 11.3 Å². The Labute approximate surface area is 111 Å². The predicted octanol–water partition coefficient (Wildman–Crippen LogP) is 1.33. The van der Waals surface area contributed by atoms with Crippen LogP contribution >= 0.6 is 0 Å². The first-order valence-corrected chi connectivity index (χ1v) is 6.97. The molecular weight excluding hydrogens is 240 g/mol. The average molecular weight is 258 g/mol. The van der Waals surface area contributed by atoms with Crippen LogP contribution in [0.2, 0.25) is 0 Å². The molecule has 5 heteroatoms. The Morgan fingerprint density at radius 2 is 2.37 bits per heavy atom. The lowest BCUT2D eigenvalue weighted by atomic mass is 9.82. The SMILES string of the molecule is OCC12CCCC1CN(c1nccn3nccc13)C2. The number of fused-ring (bicyclic) bond motifs is 2. The summed E-state index contributed by atoms with van der Waals surface area (Å²) in [4.78, 5) is 6.87. The highest BCUT2D eigenvalue weighted by Gasteiger charge is 2.49. The lowest BCUT2D eigenvalue weighted by Crippen LogP contribution is -2.31. The fourth-order valence-corrected chi connectivity index (χ4v) is 3.92. The van der Waals surface area contributed by atoms with E-state index >= 15 is 0 Å². The molecule has 2 fully saturated rings. The Morgan fingerprint density at radius 3 is 3.21 bits per heavy atom. The van der Waals surface area contributed by atoms with Gasteiger partial charge >= 0.3 is 0 Å². The fraction of sp³-hybridized carbons (Fsp3) is 0.571. The van der Waals surface area contributed by atoms with E-state index in [1.165, 1.54) is 12.8 Å². The summed E-state index contributed by atoms with van der Waals surface area (Å²) in [5.41, 5.74) is 1.16. The Balaban J connectivity index is 1.73. The molecule has 0 bridgehead atoms. The van der Waals surface area contributed by atoms with Crippen molar-refractivity contribution in [2.75, 3.05) is 24.6 Å². The molecule has 100 valence electrons. The van der Waals surface area contributed by atoms with Crippen molar-refractivity contribution >= 4 is 11.3 Å². The summed E-state index contributed by atoms with van der Waals surface area (Å²) in [7, 11) is 0. The third-order valence-corrected chi connectivity index (χ3v) is 4.96. The molecule has 0 amide bonds. The molecule has 2 aromatic rings. The zero-order valence-corrected chi connectivity index (χ0v) is 10.9. The van der Waals surface area contributed by atoms with Crippen molar-refractivity contribution < 1.29 is 5.11 Å². The van der Waals surface area contributed by atoms with E-state index in [0.29, 0.717) is 12.5 Å². The van der Waals surface area contributed by atoms with Crippen LogP contribution in [0.25, 0.3) is 5.52 Å². The van der Waals surface area contributed by atoms with E-state index in [2.05, 4.69) is 15.0 Å². The van der Waals surface area contributed by atoms with Gasteiger partial charge in [0.05, 0.1) is 12.8 Å². The topological polar surface area (TPSA) is 53.7 Å². The van der Waals surface area contributed by atoms with E-state index in [0.717, 1.165) is 30.8 Å². The molecule has 19 heavy (non-hydrogen) atoms. The predicted molar refractivity (Wildman–Crippen MR) is 72.1 cm³/mol.